The fourth-order valence-corrected chi connectivity index (χ4v) is 16.1. The molecular weight excluding hydrogens is 1420 g/mol. The summed E-state index contributed by atoms with van der Waals surface area (Å²) in [4.78, 5) is 84.8. The maximum absolute atomic E-state index is 14.1. The van der Waals surface area contributed by atoms with E-state index in [4.69, 9.17) is 29.9 Å². The van der Waals surface area contributed by atoms with Crippen LogP contribution in [0.15, 0.2) is 384 Å². The predicted octanol–water partition coefficient (Wildman–Crippen LogP) is 21.3. The Hall–Kier alpha value is -15.8. The molecule has 9 heterocycles. The Labute approximate surface area is 657 Å². The number of nitrogens with zero attached hydrogens (tertiary/aromatic N) is 10. The van der Waals surface area contributed by atoms with E-state index < -0.39 is 0 Å². The number of carbonyl (C=O) groups excluding carboxylic acids is 1. The molecular formula is C101H64N10O4. The second-order valence-corrected chi connectivity index (χ2v) is 28.6. The van der Waals surface area contributed by atoms with Crippen LogP contribution in [0.5, 0.6) is 0 Å². The van der Waals surface area contributed by atoms with Gasteiger partial charge in [0.15, 0.2) is 6.29 Å². The molecule has 0 aliphatic heterocycles. The largest absolute Gasteiger partial charge is 0.336 e. The average Bonchev–Trinajstić information content (AvgIpc) is 0.741. The van der Waals surface area contributed by atoms with E-state index in [0.717, 1.165) is 134 Å². The minimum absolute atomic E-state index is 0.146. The molecule has 0 saturated carbocycles. The molecule has 14 heteroatoms. The number of fused-ring (bicyclic) bond motifs is 6. The van der Waals surface area contributed by atoms with Crippen molar-refractivity contribution in [2.75, 3.05) is 0 Å². The molecule has 0 aliphatic carbocycles. The first kappa shape index (κ1) is 68.5. The van der Waals surface area contributed by atoms with Gasteiger partial charge in [0.25, 0.3) is 16.7 Å². The first-order valence-electron chi connectivity index (χ1n) is 37.8. The van der Waals surface area contributed by atoms with Gasteiger partial charge in [-0.05, 0) is 268 Å². The molecule has 0 saturated heterocycles. The van der Waals surface area contributed by atoms with Gasteiger partial charge in [0.1, 0.15) is 22.4 Å². The fraction of sp³-hybridized carbons (Fsp3) is 0.00990. The number of benzene rings is 11. The predicted molar refractivity (Wildman–Crippen MR) is 461 cm³/mol. The molecule has 0 aliphatic rings. The van der Waals surface area contributed by atoms with Gasteiger partial charge >= 0.3 is 0 Å². The van der Waals surface area contributed by atoms with Gasteiger partial charge in [-0.3, -0.25) is 42.3 Å². The number of carbonyl (C=O) groups is 1. The van der Waals surface area contributed by atoms with Crippen LogP contribution in [0, 0.1) is 0 Å². The highest BCUT2D eigenvalue weighted by atomic mass is 16.1. The molecule has 20 rings (SSSR count). The molecule has 0 fully saturated rings. The van der Waals surface area contributed by atoms with Gasteiger partial charge < -0.3 is 4.57 Å². The van der Waals surface area contributed by atoms with Crippen LogP contribution in [-0.2, 0) is 7.05 Å². The molecule has 0 bridgehead atoms. The highest BCUT2D eigenvalue weighted by Crippen LogP contribution is 2.48. The van der Waals surface area contributed by atoms with Crippen molar-refractivity contribution in [3.05, 3.63) is 407 Å². The van der Waals surface area contributed by atoms with Gasteiger partial charge in [-0.25, -0.2) is 19.9 Å². The summed E-state index contributed by atoms with van der Waals surface area (Å²) >= 11 is 0. The first-order chi connectivity index (χ1) is 56.6. The molecule has 20 aromatic rings. The maximum atomic E-state index is 14.1. The van der Waals surface area contributed by atoms with Crippen molar-refractivity contribution >= 4 is 61.6 Å². The summed E-state index contributed by atoms with van der Waals surface area (Å²) in [7, 11) is 1.95. The maximum Gasteiger partial charge on any atom is 0.265 e. The Morgan fingerprint density at radius 2 is 0.643 bits per heavy atom. The van der Waals surface area contributed by atoms with Crippen molar-refractivity contribution in [2.24, 2.45) is 12.0 Å². The van der Waals surface area contributed by atoms with Crippen LogP contribution in [0.1, 0.15) is 10.4 Å². The van der Waals surface area contributed by atoms with Gasteiger partial charge in [-0.2, -0.15) is 0 Å². The molecule has 0 amide bonds. The summed E-state index contributed by atoms with van der Waals surface area (Å²) in [5.74, 6) is 0. The lowest BCUT2D eigenvalue weighted by Gasteiger charge is -2.21. The van der Waals surface area contributed by atoms with E-state index in [1.165, 1.54) is 0 Å². The molecule has 9 aromatic heterocycles. The van der Waals surface area contributed by atoms with E-state index in [1.807, 2.05) is 212 Å². The van der Waals surface area contributed by atoms with Crippen LogP contribution < -0.4 is 22.2 Å². The topological polar surface area (TPSA) is 163 Å². The number of hydrogen-bond donors (Lipinski definition) is 0. The second-order valence-electron chi connectivity index (χ2n) is 28.6. The van der Waals surface area contributed by atoms with E-state index in [1.54, 1.807) is 25.5 Å². The highest BCUT2D eigenvalue weighted by Gasteiger charge is 2.24. The number of hydrogen-bond acceptors (Lipinski definition) is 10. The summed E-state index contributed by atoms with van der Waals surface area (Å²) in [6.07, 6.45) is 12.0. The van der Waals surface area contributed by atoms with Crippen LogP contribution in [-0.4, -0.2) is 49.0 Å². The Morgan fingerprint density at radius 1 is 0.296 bits per heavy atom. The monoisotopic (exact) mass is 1480 g/mol. The number of rotatable bonds is 14. The Balaban J connectivity index is 0.836. The van der Waals surface area contributed by atoms with Crippen molar-refractivity contribution in [3.63, 3.8) is 0 Å². The Morgan fingerprint density at radius 3 is 1.04 bits per heavy atom. The number of para-hydroxylation sites is 4. The SMILES string of the molecule is Cn1ccc(-c2ccccc2-c2cc(-c3ccccc3-c3ccn4c(=O)c5ccccc5nc4c3)cc(-c3cccc(-c4cc(-c5ccccc5-c5ccn6c(=O)c7ccccc7nc6c5)cc(-c5ccccc5-c5ccn6c(=O)c7ccccc7nc6c5)c4)c3-c3ccc(-c4ccccn4)nc3)c2)cc1=Nc1ccccc1C=O. The molecule has 0 unspecified atom stereocenters. The van der Waals surface area contributed by atoms with Crippen LogP contribution in [0.3, 0.4) is 0 Å². The van der Waals surface area contributed by atoms with Crippen LogP contribution in [0.4, 0.5) is 5.69 Å². The van der Waals surface area contributed by atoms with E-state index in [-0.39, 0.29) is 16.7 Å². The van der Waals surface area contributed by atoms with Gasteiger partial charge in [-0.1, -0.05) is 176 Å². The van der Waals surface area contributed by atoms with Gasteiger partial charge in [0.2, 0.25) is 0 Å². The quantitative estimate of drug-likeness (QED) is 0.0761. The first-order valence-corrected chi connectivity index (χ1v) is 37.8. The molecule has 0 spiro atoms. The molecule has 0 N–H and O–H groups in total. The molecule has 542 valence electrons. The van der Waals surface area contributed by atoms with Crippen LogP contribution in [0.2, 0.25) is 0 Å². The zero-order valence-corrected chi connectivity index (χ0v) is 61.8. The van der Waals surface area contributed by atoms with Crippen molar-refractivity contribution in [3.8, 4) is 134 Å². The van der Waals surface area contributed by atoms with Crippen molar-refractivity contribution < 1.29 is 4.79 Å². The number of aromatic nitrogens is 9. The lowest BCUT2D eigenvalue weighted by molar-refractivity contribution is 0.112. The Bertz CT molecular complexity index is 7480. The lowest BCUT2D eigenvalue weighted by atomic mass is 9.83. The van der Waals surface area contributed by atoms with Crippen molar-refractivity contribution in [1.29, 1.82) is 0 Å². The number of aryl methyl sites for hydroxylation is 1. The molecule has 14 nitrogen and oxygen atoms in total. The van der Waals surface area contributed by atoms with E-state index in [2.05, 4.69) is 152 Å². The fourth-order valence-electron chi connectivity index (χ4n) is 16.1. The lowest BCUT2D eigenvalue weighted by Crippen LogP contribution is -2.16. The number of pyridine rings is 6. The third kappa shape index (κ3) is 12.4. The van der Waals surface area contributed by atoms with Gasteiger partial charge in [0.05, 0.1) is 49.8 Å². The van der Waals surface area contributed by atoms with Crippen LogP contribution >= 0.6 is 0 Å². The molecule has 0 atom stereocenters. The zero-order chi connectivity index (χ0) is 77.2. The van der Waals surface area contributed by atoms with Crippen molar-refractivity contribution in [1.82, 2.24) is 42.7 Å². The van der Waals surface area contributed by atoms with E-state index >= 15 is 0 Å². The summed E-state index contributed by atoms with van der Waals surface area (Å²) in [5.41, 5.74) is 26.2. The van der Waals surface area contributed by atoms with Crippen molar-refractivity contribution in [2.45, 2.75) is 0 Å². The molecule has 0 radical (unpaired) electrons. The second kappa shape index (κ2) is 28.6. The minimum Gasteiger partial charge on any atom is -0.336 e. The third-order valence-corrected chi connectivity index (χ3v) is 21.7. The van der Waals surface area contributed by atoms with Gasteiger partial charge in [0, 0.05) is 55.4 Å². The molecule has 115 heavy (non-hydrogen) atoms. The average molecular weight is 1480 g/mol. The summed E-state index contributed by atoms with van der Waals surface area (Å²) in [6.45, 7) is 0. The summed E-state index contributed by atoms with van der Waals surface area (Å²) in [6, 6.07) is 110. The smallest absolute Gasteiger partial charge is 0.265 e. The minimum atomic E-state index is -0.146. The molecule has 11 aromatic carbocycles. The van der Waals surface area contributed by atoms with Crippen LogP contribution in [0.25, 0.3) is 183 Å². The third-order valence-electron chi connectivity index (χ3n) is 21.7. The summed E-state index contributed by atoms with van der Waals surface area (Å²) < 4.78 is 6.78. The normalized spacial score (nSPS) is 11.7. The van der Waals surface area contributed by atoms with E-state index in [9.17, 15) is 19.2 Å². The standard InChI is InChI=1S/C101H64N10O4/c1-108-47-42-63(57-94(108)104-88-35-14-2-21-68(88)62-112)75-22-3-7-26-79(75)69-51-70(80-27-8-4-23-76(80)64-43-48-109-95(58-64)105-89-36-15-11-30-85(89)99(109)113)54-73(53-69)83-33-20-34-84(98(83)67-40-41-93(103-61-67)92-39-18-19-46-102-92)74-55-71(81-28-9-5-24-77(81)65-44-49-110-96(59-65)106-90-37-16-12-31-86(90)100(110)114)52-72(56-74)82-29-10-6-25-78(82)66-45-50-111-97(60-66)107-91-38-17-13-32-87(91)101(111)115/h2-62H,1H3. The summed E-state index contributed by atoms with van der Waals surface area (Å²) in [5, 5.41) is 1.62. The van der Waals surface area contributed by atoms with Gasteiger partial charge in [-0.15, -0.1) is 0 Å². The highest BCUT2D eigenvalue weighted by molar-refractivity contribution is 6.01. The Kier molecular flexibility index (Phi) is 17.0. The number of aldehydes is 1. The zero-order valence-electron chi connectivity index (χ0n) is 61.8. The van der Waals surface area contributed by atoms with E-state index in [0.29, 0.717) is 72.1 Å².